The van der Waals surface area contributed by atoms with Gasteiger partial charge in [-0.1, -0.05) is 56.3 Å². The van der Waals surface area contributed by atoms with Crippen LogP contribution < -0.4 is 4.74 Å². The summed E-state index contributed by atoms with van der Waals surface area (Å²) in [5.41, 5.74) is 3.04. The van der Waals surface area contributed by atoms with Crippen LogP contribution in [0.25, 0.3) is 0 Å². The van der Waals surface area contributed by atoms with E-state index in [2.05, 4.69) is 49.9 Å². The molecule has 1 saturated heterocycles. The molecule has 0 amide bonds. The second kappa shape index (κ2) is 9.76. The maximum Gasteiger partial charge on any atom is 0.140 e. The van der Waals surface area contributed by atoms with Crippen molar-refractivity contribution in [1.29, 1.82) is 0 Å². The third-order valence-electron chi connectivity index (χ3n) is 6.40. The lowest BCUT2D eigenvalue weighted by Gasteiger charge is -2.41. The van der Waals surface area contributed by atoms with Gasteiger partial charge in [0.15, 0.2) is 0 Å². The summed E-state index contributed by atoms with van der Waals surface area (Å²) in [6.07, 6.45) is 1.01. The highest BCUT2D eigenvalue weighted by Gasteiger charge is 2.40. The molecule has 4 heteroatoms. The number of β-amino-alcohol motifs (C(OH)–C–C–N with tert-alkyl or cyclic N) is 1. The first-order chi connectivity index (χ1) is 14.3. The number of benzene rings is 2. The maximum absolute atomic E-state index is 12.5. The van der Waals surface area contributed by atoms with Crippen LogP contribution in [0.3, 0.4) is 0 Å². The minimum Gasteiger partial charge on any atom is -0.491 e. The van der Waals surface area contributed by atoms with E-state index < -0.39 is 11.5 Å². The molecule has 30 heavy (non-hydrogen) atoms. The molecule has 1 aliphatic heterocycles. The van der Waals surface area contributed by atoms with Crippen molar-refractivity contribution < 1.29 is 14.6 Å². The van der Waals surface area contributed by atoms with Gasteiger partial charge in [-0.25, -0.2) is 0 Å². The number of Topliss-reactive ketones (excluding diaryl/α,β-unsaturated/α-hetero) is 1. The average molecular weight is 410 g/mol. The fraction of sp³-hybridized carbons (Fsp3) is 0.500. The molecule has 0 aliphatic carbocycles. The first kappa shape index (κ1) is 22.5. The largest absolute Gasteiger partial charge is 0.491 e. The van der Waals surface area contributed by atoms with Crippen LogP contribution in [0.2, 0.25) is 0 Å². The zero-order chi connectivity index (χ0) is 21.7. The van der Waals surface area contributed by atoms with E-state index in [9.17, 15) is 9.90 Å². The van der Waals surface area contributed by atoms with Gasteiger partial charge in [-0.3, -0.25) is 4.79 Å². The molecule has 0 radical (unpaired) electrons. The van der Waals surface area contributed by atoms with E-state index in [1.54, 1.807) is 6.92 Å². The fourth-order valence-corrected chi connectivity index (χ4v) is 4.50. The van der Waals surface area contributed by atoms with Crippen molar-refractivity contribution in [1.82, 2.24) is 4.90 Å². The number of aliphatic hydroxyl groups excluding tert-OH is 1. The van der Waals surface area contributed by atoms with Gasteiger partial charge in [0.25, 0.3) is 0 Å². The lowest BCUT2D eigenvalue weighted by Crippen LogP contribution is -2.48. The van der Waals surface area contributed by atoms with Gasteiger partial charge in [0.2, 0.25) is 0 Å². The summed E-state index contributed by atoms with van der Waals surface area (Å²) in [6.45, 7) is 10.5. The number of likely N-dealkylation sites (tertiary alicyclic amines) is 1. The van der Waals surface area contributed by atoms with Crippen molar-refractivity contribution in [3.63, 3.8) is 0 Å². The fourth-order valence-electron chi connectivity index (χ4n) is 4.50. The average Bonchev–Trinajstić information content (AvgIpc) is 2.73. The summed E-state index contributed by atoms with van der Waals surface area (Å²) in [6, 6.07) is 16.4. The highest BCUT2D eigenvalue weighted by molar-refractivity contribution is 5.88. The third kappa shape index (κ3) is 5.11. The molecule has 1 unspecified atom stereocenters. The van der Waals surface area contributed by atoms with Crippen molar-refractivity contribution in [2.45, 2.75) is 58.0 Å². The monoisotopic (exact) mass is 409 g/mol. The van der Waals surface area contributed by atoms with Crippen molar-refractivity contribution in [2.75, 3.05) is 26.2 Å². The van der Waals surface area contributed by atoms with Crippen LogP contribution in [0.5, 0.6) is 5.75 Å². The highest BCUT2D eigenvalue weighted by Crippen LogP contribution is 2.36. The maximum atomic E-state index is 12.5. The molecule has 0 aromatic heterocycles. The number of aryl methyl sites for hydroxylation is 1. The molecule has 1 heterocycles. The van der Waals surface area contributed by atoms with Crippen LogP contribution in [0.15, 0.2) is 48.5 Å². The molecule has 1 atom stereocenters. The summed E-state index contributed by atoms with van der Waals surface area (Å²) in [5.74, 6) is 1.47. The van der Waals surface area contributed by atoms with Gasteiger partial charge in [0.05, 0.1) is 5.41 Å². The molecule has 2 aromatic carbocycles. The van der Waals surface area contributed by atoms with E-state index in [1.165, 1.54) is 5.56 Å². The van der Waals surface area contributed by atoms with E-state index in [4.69, 9.17) is 4.74 Å². The molecule has 4 nitrogen and oxygen atoms in total. The summed E-state index contributed by atoms with van der Waals surface area (Å²) >= 11 is 0. The Balaban J connectivity index is 1.56. The molecular formula is C26H35NO3. The zero-order valence-corrected chi connectivity index (χ0v) is 18.7. The lowest BCUT2D eigenvalue weighted by atomic mass is 9.70. The second-order valence-electron chi connectivity index (χ2n) is 8.97. The van der Waals surface area contributed by atoms with Gasteiger partial charge in [-0.2, -0.15) is 0 Å². The topological polar surface area (TPSA) is 49.8 Å². The molecule has 1 aliphatic rings. The normalized spacial score (nSPS) is 17.7. The molecule has 0 bridgehead atoms. The number of ketones is 1. The molecule has 1 fully saturated rings. The van der Waals surface area contributed by atoms with Crippen LogP contribution in [-0.4, -0.2) is 48.1 Å². The summed E-state index contributed by atoms with van der Waals surface area (Å²) in [4.78, 5) is 14.8. The van der Waals surface area contributed by atoms with Crippen LogP contribution in [0, 0.1) is 6.92 Å². The van der Waals surface area contributed by atoms with E-state index in [0.717, 1.165) is 42.8 Å². The van der Waals surface area contributed by atoms with E-state index in [-0.39, 0.29) is 12.4 Å². The van der Waals surface area contributed by atoms with Crippen LogP contribution in [0.4, 0.5) is 0 Å². The number of hydrogen-bond donors (Lipinski definition) is 1. The summed E-state index contributed by atoms with van der Waals surface area (Å²) < 4.78 is 6.00. The van der Waals surface area contributed by atoms with Crippen LogP contribution in [0.1, 0.15) is 56.2 Å². The third-order valence-corrected chi connectivity index (χ3v) is 6.40. The number of ether oxygens (including phenoxy) is 1. The van der Waals surface area contributed by atoms with Crippen molar-refractivity contribution in [2.24, 2.45) is 0 Å². The Morgan fingerprint density at radius 2 is 1.80 bits per heavy atom. The van der Waals surface area contributed by atoms with Crippen LogP contribution in [-0.2, 0) is 10.2 Å². The predicted molar refractivity (Wildman–Crippen MR) is 121 cm³/mol. The SMILES string of the molecule is CC(=O)C1(c2ccccc2)CCN(CC(O)COc2cc(C)ccc2C(C)C)CC1. The Kier molecular flexibility index (Phi) is 7.32. The van der Waals surface area contributed by atoms with Gasteiger partial charge in [0.1, 0.15) is 24.2 Å². The Bertz CT molecular complexity index is 839. The molecular weight excluding hydrogens is 374 g/mol. The molecule has 1 N–H and O–H groups in total. The van der Waals surface area contributed by atoms with E-state index in [0.29, 0.717) is 12.5 Å². The Morgan fingerprint density at radius 1 is 1.13 bits per heavy atom. The zero-order valence-electron chi connectivity index (χ0n) is 18.7. The number of nitrogens with zero attached hydrogens (tertiary/aromatic N) is 1. The lowest BCUT2D eigenvalue weighted by molar-refractivity contribution is -0.124. The van der Waals surface area contributed by atoms with Crippen molar-refractivity contribution in [3.8, 4) is 5.75 Å². The predicted octanol–water partition coefficient (Wildman–Crippen LogP) is 4.48. The Labute approximate surface area is 180 Å². The van der Waals surface area contributed by atoms with Gasteiger partial charge in [-0.05, 0) is 68.5 Å². The number of aliphatic hydroxyl groups is 1. The molecule has 3 rings (SSSR count). The van der Waals surface area contributed by atoms with Gasteiger partial charge in [-0.15, -0.1) is 0 Å². The molecule has 0 saturated carbocycles. The van der Waals surface area contributed by atoms with Gasteiger partial charge < -0.3 is 14.7 Å². The van der Waals surface area contributed by atoms with Gasteiger partial charge in [0, 0.05) is 6.54 Å². The van der Waals surface area contributed by atoms with Crippen LogP contribution >= 0.6 is 0 Å². The minimum atomic E-state index is -0.563. The minimum absolute atomic E-state index is 0.234. The van der Waals surface area contributed by atoms with E-state index >= 15 is 0 Å². The quantitative estimate of drug-likeness (QED) is 0.698. The van der Waals surface area contributed by atoms with Crippen molar-refractivity contribution in [3.05, 3.63) is 65.2 Å². The van der Waals surface area contributed by atoms with Crippen molar-refractivity contribution >= 4 is 5.78 Å². The number of carbonyl (C=O) groups is 1. The smallest absolute Gasteiger partial charge is 0.140 e. The molecule has 162 valence electrons. The number of piperidine rings is 1. The molecule has 0 spiro atoms. The number of hydrogen-bond acceptors (Lipinski definition) is 4. The van der Waals surface area contributed by atoms with E-state index in [1.807, 2.05) is 24.3 Å². The second-order valence-corrected chi connectivity index (χ2v) is 8.97. The summed E-state index contributed by atoms with van der Waals surface area (Å²) in [5, 5.41) is 10.6. The first-order valence-corrected chi connectivity index (χ1v) is 11.0. The number of rotatable bonds is 8. The highest BCUT2D eigenvalue weighted by atomic mass is 16.5. The Morgan fingerprint density at radius 3 is 2.40 bits per heavy atom. The Hall–Kier alpha value is -2.17. The standard InChI is InChI=1S/C26H35NO3/c1-19(2)24-11-10-20(3)16-25(24)30-18-23(29)17-27-14-12-26(13-15-27,21(4)28)22-8-6-5-7-9-22/h5-11,16,19,23,29H,12-15,17-18H2,1-4H3. The summed E-state index contributed by atoms with van der Waals surface area (Å²) in [7, 11) is 0. The van der Waals surface area contributed by atoms with Gasteiger partial charge >= 0.3 is 0 Å². The number of carbonyl (C=O) groups excluding carboxylic acids is 1. The first-order valence-electron chi connectivity index (χ1n) is 11.0. The molecule has 2 aromatic rings.